The fourth-order valence-corrected chi connectivity index (χ4v) is 3.10. The summed E-state index contributed by atoms with van der Waals surface area (Å²) in [5, 5.41) is 2.60. The quantitative estimate of drug-likeness (QED) is 0.657. The summed E-state index contributed by atoms with van der Waals surface area (Å²) >= 11 is 0. The van der Waals surface area contributed by atoms with Gasteiger partial charge in [-0.15, -0.1) is 0 Å². The Bertz CT molecular complexity index is 826. The highest BCUT2D eigenvalue weighted by atomic mass is 16.3. The summed E-state index contributed by atoms with van der Waals surface area (Å²) in [6.45, 7) is 5.47. The van der Waals surface area contributed by atoms with Crippen LogP contribution in [0.2, 0.25) is 0 Å². The molecule has 8 heteroatoms. The van der Waals surface area contributed by atoms with Crippen molar-refractivity contribution in [3.05, 3.63) is 59.8 Å². The third kappa shape index (κ3) is 6.85. The Hall–Kier alpha value is -2.97. The number of oxazole rings is 1. The molecule has 29 heavy (non-hydrogen) atoms. The van der Waals surface area contributed by atoms with Crippen molar-refractivity contribution in [3.8, 4) is 0 Å². The van der Waals surface area contributed by atoms with Crippen molar-refractivity contribution in [2.24, 2.45) is 5.73 Å². The molecule has 0 spiro atoms. The molecule has 1 aliphatic heterocycles. The molecule has 0 saturated carbocycles. The van der Waals surface area contributed by atoms with Gasteiger partial charge in [-0.05, 0) is 5.56 Å². The topological polar surface area (TPSA) is 105 Å². The summed E-state index contributed by atoms with van der Waals surface area (Å²) in [7, 11) is 0. The predicted octanol–water partition coefficient (Wildman–Crippen LogP) is 1.11. The number of nitrogens with one attached hydrogen (secondary N) is 1. The van der Waals surface area contributed by atoms with Crippen LogP contribution in [0.3, 0.4) is 0 Å². The number of nitrogens with zero attached hydrogens (tertiary/aromatic N) is 3. The fraction of sp³-hybridized carbons (Fsp3) is 0.381. The molecule has 2 aromatic rings. The van der Waals surface area contributed by atoms with Crippen molar-refractivity contribution >= 4 is 17.9 Å². The lowest BCUT2D eigenvalue weighted by atomic mass is 10.2. The van der Waals surface area contributed by atoms with Crippen molar-refractivity contribution in [3.63, 3.8) is 0 Å². The minimum absolute atomic E-state index is 0.0985. The van der Waals surface area contributed by atoms with Crippen LogP contribution in [0.1, 0.15) is 28.4 Å². The summed E-state index contributed by atoms with van der Waals surface area (Å²) in [5.74, 6) is -0.306. The highest BCUT2D eigenvalue weighted by Gasteiger charge is 2.19. The third-order valence-electron chi connectivity index (χ3n) is 4.74. The van der Waals surface area contributed by atoms with Gasteiger partial charge < -0.3 is 15.5 Å². The molecule has 1 saturated heterocycles. The van der Waals surface area contributed by atoms with Crippen LogP contribution in [-0.4, -0.2) is 65.9 Å². The van der Waals surface area contributed by atoms with Gasteiger partial charge in [-0.2, -0.15) is 0 Å². The van der Waals surface area contributed by atoms with Crippen molar-refractivity contribution in [2.45, 2.75) is 13.0 Å². The van der Waals surface area contributed by atoms with Crippen LogP contribution in [0.15, 0.2) is 47.1 Å². The van der Waals surface area contributed by atoms with Crippen LogP contribution in [0.5, 0.6) is 0 Å². The van der Waals surface area contributed by atoms with Gasteiger partial charge in [0.15, 0.2) is 5.69 Å². The molecule has 2 amide bonds. The van der Waals surface area contributed by atoms with E-state index in [9.17, 15) is 9.59 Å². The highest BCUT2D eigenvalue weighted by molar-refractivity contribution is 5.92. The minimum Gasteiger partial charge on any atom is -0.447 e. The van der Waals surface area contributed by atoms with Gasteiger partial charge in [-0.1, -0.05) is 42.5 Å². The molecule has 1 aromatic carbocycles. The molecule has 8 nitrogen and oxygen atoms in total. The number of rotatable bonds is 9. The molecule has 154 valence electrons. The second kappa shape index (κ2) is 10.5. The molecule has 2 heterocycles. The number of hydrogen-bond acceptors (Lipinski definition) is 6. The van der Waals surface area contributed by atoms with Crippen molar-refractivity contribution in [2.75, 3.05) is 39.3 Å². The Morgan fingerprint density at radius 3 is 2.59 bits per heavy atom. The maximum Gasteiger partial charge on any atom is 0.273 e. The van der Waals surface area contributed by atoms with Gasteiger partial charge in [0, 0.05) is 45.7 Å². The number of carbonyl (C=O) groups excluding carboxylic acids is 2. The monoisotopic (exact) mass is 397 g/mol. The van der Waals surface area contributed by atoms with Gasteiger partial charge in [-0.25, -0.2) is 4.98 Å². The molecule has 0 radical (unpaired) electrons. The van der Waals surface area contributed by atoms with Crippen molar-refractivity contribution in [1.82, 2.24) is 20.1 Å². The molecule has 3 N–H and O–H groups in total. The fourth-order valence-electron chi connectivity index (χ4n) is 3.10. The van der Waals surface area contributed by atoms with E-state index in [-0.39, 0.29) is 24.6 Å². The Morgan fingerprint density at radius 1 is 1.14 bits per heavy atom. The molecular weight excluding hydrogens is 370 g/mol. The van der Waals surface area contributed by atoms with Crippen LogP contribution >= 0.6 is 0 Å². The zero-order chi connectivity index (χ0) is 20.5. The number of nitrogens with two attached hydrogens (primary N) is 1. The highest BCUT2D eigenvalue weighted by Crippen LogP contribution is 2.10. The van der Waals surface area contributed by atoms with Gasteiger partial charge in [0.05, 0.1) is 6.54 Å². The number of primary amides is 1. The van der Waals surface area contributed by atoms with Crippen molar-refractivity contribution in [1.29, 1.82) is 0 Å². The number of aromatic nitrogens is 1. The van der Waals surface area contributed by atoms with Crippen LogP contribution in [0.4, 0.5) is 0 Å². The number of carbonyl (C=O) groups is 2. The predicted molar refractivity (Wildman–Crippen MR) is 110 cm³/mol. The lowest BCUT2D eigenvalue weighted by Crippen LogP contribution is -2.45. The zero-order valence-electron chi connectivity index (χ0n) is 16.4. The first kappa shape index (κ1) is 20.8. The van der Waals surface area contributed by atoms with E-state index in [1.165, 1.54) is 11.8 Å². The lowest BCUT2D eigenvalue weighted by molar-refractivity contribution is -0.117. The van der Waals surface area contributed by atoms with E-state index in [0.29, 0.717) is 12.4 Å². The first-order chi connectivity index (χ1) is 14.1. The summed E-state index contributed by atoms with van der Waals surface area (Å²) in [6, 6.07) is 10.3. The standard InChI is InChI=1S/C21H27N5O3/c22-19(27)8-9-23-21(28)18-16-29-20(24-18)15-26-13-11-25(12-14-26)10-4-7-17-5-2-1-3-6-17/h1-7,16H,8-15H2,(H2,22,27)(H,23,28)/b7-4+. The van der Waals surface area contributed by atoms with E-state index in [1.807, 2.05) is 18.2 Å². The largest absolute Gasteiger partial charge is 0.447 e. The third-order valence-corrected chi connectivity index (χ3v) is 4.74. The van der Waals surface area contributed by atoms with Gasteiger partial charge in [0.25, 0.3) is 5.91 Å². The smallest absolute Gasteiger partial charge is 0.273 e. The molecule has 1 aliphatic rings. The van der Waals surface area contributed by atoms with E-state index >= 15 is 0 Å². The molecule has 0 unspecified atom stereocenters. The number of hydrogen-bond donors (Lipinski definition) is 2. The molecule has 1 fully saturated rings. The molecule has 0 bridgehead atoms. The lowest BCUT2D eigenvalue weighted by Gasteiger charge is -2.33. The summed E-state index contributed by atoms with van der Waals surface area (Å²) < 4.78 is 5.43. The Morgan fingerprint density at radius 2 is 1.86 bits per heavy atom. The first-order valence-corrected chi connectivity index (χ1v) is 9.77. The summed E-state index contributed by atoms with van der Waals surface area (Å²) in [6.07, 6.45) is 5.79. The van der Waals surface area contributed by atoms with E-state index in [0.717, 1.165) is 32.7 Å². The summed E-state index contributed by atoms with van der Waals surface area (Å²) in [4.78, 5) is 31.6. The van der Waals surface area contributed by atoms with Crippen LogP contribution in [-0.2, 0) is 11.3 Å². The molecular formula is C21H27N5O3. The molecule has 3 rings (SSSR count). The van der Waals surface area contributed by atoms with Crippen molar-refractivity contribution < 1.29 is 14.0 Å². The Kier molecular flexibility index (Phi) is 7.54. The average molecular weight is 397 g/mol. The Balaban J connectivity index is 1.38. The first-order valence-electron chi connectivity index (χ1n) is 9.77. The second-order valence-electron chi connectivity index (χ2n) is 6.99. The van der Waals surface area contributed by atoms with E-state index in [1.54, 1.807) is 0 Å². The number of piperazine rings is 1. The van der Waals surface area contributed by atoms with E-state index < -0.39 is 5.91 Å². The molecule has 0 aliphatic carbocycles. The molecule has 1 aromatic heterocycles. The van der Waals surface area contributed by atoms with E-state index in [2.05, 4.69) is 44.4 Å². The summed E-state index contributed by atoms with van der Waals surface area (Å²) in [5.41, 5.74) is 6.48. The maximum atomic E-state index is 12.0. The zero-order valence-corrected chi connectivity index (χ0v) is 16.4. The normalized spacial score (nSPS) is 15.6. The average Bonchev–Trinajstić information content (AvgIpc) is 3.18. The van der Waals surface area contributed by atoms with Gasteiger partial charge in [0.1, 0.15) is 6.26 Å². The second-order valence-corrected chi connectivity index (χ2v) is 6.99. The van der Waals surface area contributed by atoms with Gasteiger partial charge in [-0.3, -0.25) is 19.4 Å². The molecule has 0 atom stereocenters. The number of benzene rings is 1. The van der Waals surface area contributed by atoms with Crippen LogP contribution in [0, 0.1) is 0 Å². The Labute approximate surface area is 170 Å². The van der Waals surface area contributed by atoms with Crippen LogP contribution in [0.25, 0.3) is 6.08 Å². The number of amides is 2. The van der Waals surface area contributed by atoms with Gasteiger partial charge >= 0.3 is 0 Å². The maximum absolute atomic E-state index is 12.0. The minimum atomic E-state index is -0.458. The SMILES string of the molecule is NC(=O)CCNC(=O)c1coc(CN2CCN(C/C=C/c3ccccc3)CC2)n1. The van der Waals surface area contributed by atoms with Crippen LogP contribution < -0.4 is 11.1 Å². The van der Waals surface area contributed by atoms with E-state index in [4.69, 9.17) is 10.2 Å². The van der Waals surface area contributed by atoms with Gasteiger partial charge in [0.2, 0.25) is 11.8 Å².